The van der Waals surface area contributed by atoms with Crippen molar-refractivity contribution in [3.63, 3.8) is 0 Å². The van der Waals surface area contributed by atoms with Gasteiger partial charge in [0.05, 0.1) is 0 Å². The third-order valence-corrected chi connectivity index (χ3v) is 3.46. The summed E-state index contributed by atoms with van der Waals surface area (Å²) in [5.74, 6) is 0.209. The Balaban J connectivity index is 3.16. The second kappa shape index (κ2) is 7.87. The van der Waals surface area contributed by atoms with Crippen LogP contribution < -0.4 is 22.3 Å². The molecule has 1 aromatic heterocycles. The summed E-state index contributed by atoms with van der Waals surface area (Å²) in [7, 11) is 3.10. The van der Waals surface area contributed by atoms with Gasteiger partial charge in [0.15, 0.2) is 0 Å². The van der Waals surface area contributed by atoms with E-state index < -0.39 is 5.56 Å². The smallest absolute Gasteiger partial charge is 0.332 e. The molecule has 0 aliphatic carbocycles. The molecule has 7 nitrogen and oxygen atoms in total. The summed E-state index contributed by atoms with van der Waals surface area (Å²) < 4.78 is 7.57. The Bertz CT molecular complexity index is 577. The Morgan fingerprint density at radius 3 is 2.62 bits per heavy atom. The fourth-order valence-electron chi connectivity index (χ4n) is 2.06. The van der Waals surface area contributed by atoms with Crippen molar-refractivity contribution in [2.75, 3.05) is 24.8 Å². The highest BCUT2D eigenvalue weighted by atomic mass is 16.5. The van der Waals surface area contributed by atoms with Crippen LogP contribution in [0, 0.1) is 0 Å². The number of hydrogen-bond acceptors (Lipinski definition) is 5. The first kappa shape index (κ1) is 17.3. The van der Waals surface area contributed by atoms with Gasteiger partial charge >= 0.3 is 5.69 Å². The van der Waals surface area contributed by atoms with Gasteiger partial charge in [0.2, 0.25) is 0 Å². The largest absolute Gasteiger partial charge is 0.385 e. The van der Waals surface area contributed by atoms with Gasteiger partial charge in [-0.25, -0.2) is 4.79 Å². The Morgan fingerprint density at radius 1 is 1.38 bits per heavy atom. The number of ether oxygens (including phenoxy) is 1. The lowest BCUT2D eigenvalue weighted by atomic mass is 10.2. The number of unbranched alkanes of at least 4 members (excludes halogenated alkanes) is 1. The summed E-state index contributed by atoms with van der Waals surface area (Å²) in [6, 6.07) is 0.0251. The van der Waals surface area contributed by atoms with E-state index in [1.165, 1.54) is 11.6 Å². The lowest BCUT2D eigenvalue weighted by molar-refractivity contribution is 0.191. The van der Waals surface area contributed by atoms with E-state index in [0.29, 0.717) is 13.2 Å². The summed E-state index contributed by atoms with van der Waals surface area (Å²) in [5.41, 5.74) is 5.55. The first-order chi connectivity index (χ1) is 9.93. The van der Waals surface area contributed by atoms with Crippen LogP contribution in [0.2, 0.25) is 0 Å². The van der Waals surface area contributed by atoms with Crippen molar-refractivity contribution >= 4 is 11.5 Å². The summed E-state index contributed by atoms with van der Waals surface area (Å²) in [4.78, 5) is 24.3. The second-order valence-corrected chi connectivity index (χ2v) is 5.24. The minimum atomic E-state index is -0.394. The molecule has 0 saturated carbocycles. The lowest BCUT2D eigenvalue weighted by Crippen LogP contribution is -2.41. The van der Waals surface area contributed by atoms with Crippen molar-refractivity contribution in [3.05, 3.63) is 20.8 Å². The predicted octanol–water partition coefficient (Wildman–Crippen LogP) is 0.766. The summed E-state index contributed by atoms with van der Waals surface area (Å²) >= 11 is 0. The SMILES string of the molecule is CCCCn1c(N)c(NC(C)CCOC)c(=O)n(C)c1=O. The summed E-state index contributed by atoms with van der Waals surface area (Å²) in [6.45, 7) is 5.08. The highest BCUT2D eigenvalue weighted by molar-refractivity contribution is 5.61. The molecule has 1 rings (SSSR count). The molecule has 3 N–H and O–H groups in total. The number of nitrogens with one attached hydrogen (secondary N) is 1. The number of anilines is 2. The molecule has 1 atom stereocenters. The van der Waals surface area contributed by atoms with Crippen LogP contribution in [-0.2, 0) is 18.3 Å². The molecule has 0 saturated heterocycles. The van der Waals surface area contributed by atoms with E-state index >= 15 is 0 Å². The zero-order chi connectivity index (χ0) is 16.0. The van der Waals surface area contributed by atoms with Crippen molar-refractivity contribution in [2.24, 2.45) is 7.05 Å². The van der Waals surface area contributed by atoms with Crippen LogP contribution in [0.25, 0.3) is 0 Å². The van der Waals surface area contributed by atoms with Gasteiger partial charge in [0.1, 0.15) is 11.5 Å². The van der Waals surface area contributed by atoms with Crippen LogP contribution in [0.4, 0.5) is 11.5 Å². The lowest BCUT2D eigenvalue weighted by Gasteiger charge is -2.19. The zero-order valence-electron chi connectivity index (χ0n) is 13.3. The predicted molar refractivity (Wildman–Crippen MR) is 84.8 cm³/mol. The van der Waals surface area contributed by atoms with Crippen LogP contribution in [0.1, 0.15) is 33.1 Å². The average molecular weight is 298 g/mol. The highest BCUT2D eigenvalue weighted by Crippen LogP contribution is 2.13. The number of aromatic nitrogens is 2. The standard InChI is InChI=1S/C14H26N4O3/c1-5-6-8-18-12(15)11(13(19)17(3)14(18)20)16-10(2)7-9-21-4/h10,16H,5-9,15H2,1-4H3. The van der Waals surface area contributed by atoms with Crippen molar-refractivity contribution in [3.8, 4) is 0 Å². The topological polar surface area (TPSA) is 91.3 Å². The maximum Gasteiger partial charge on any atom is 0.332 e. The van der Waals surface area contributed by atoms with Gasteiger partial charge in [0.25, 0.3) is 5.56 Å². The van der Waals surface area contributed by atoms with Crippen molar-refractivity contribution in [1.82, 2.24) is 9.13 Å². The molecule has 7 heteroatoms. The molecular formula is C14H26N4O3. The normalized spacial score (nSPS) is 12.4. The molecule has 0 aromatic carbocycles. The quantitative estimate of drug-likeness (QED) is 0.739. The molecule has 1 aromatic rings. The first-order valence-corrected chi connectivity index (χ1v) is 7.28. The van der Waals surface area contributed by atoms with Gasteiger partial charge in [-0.05, 0) is 19.8 Å². The molecule has 0 bridgehead atoms. The van der Waals surface area contributed by atoms with Gasteiger partial charge in [0, 0.05) is 33.4 Å². The molecule has 0 aliphatic heterocycles. The Hall–Kier alpha value is -1.76. The number of rotatable bonds is 8. The molecule has 1 heterocycles. The fraction of sp³-hybridized carbons (Fsp3) is 0.714. The molecule has 0 amide bonds. The van der Waals surface area contributed by atoms with Crippen LogP contribution in [0.5, 0.6) is 0 Å². The number of nitrogen functional groups attached to an aromatic ring is 1. The van der Waals surface area contributed by atoms with E-state index in [4.69, 9.17) is 10.5 Å². The molecule has 21 heavy (non-hydrogen) atoms. The average Bonchev–Trinajstić information content (AvgIpc) is 2.47. The van der Waals surface area contributed by atoms with Crippen LogP contribution in [0.3, 0.4) is 0 Å². The van der Waals surface area contributed by atoms with Crippen LogP contribution in [0.15, 0.2) is 9.59 Å². The Morgan fingerprint density at radius 2 is 2.05 bits per heavy atom. The van der Waals surface area contributed by atoms with Gasteiger partial charge in [-0.1, -0.05) is 13.3 Å². The molecule has 120 valence electrons. The Kier molecular flexibility index (Phi) is 6.48. The van der Waals surface area contributed by atoms with Crippen LogP contribution >= 0.6 is 0 Å². The summed E-state index contributed by atoms with van der Waals surface area (Å²) in [6.07, 6.45) is 2.52. The fourth-order valence-corrected chi connectivity index (χ4v) is 2.06. The number of nitrogens with zero attached hydrogens (tertiary/aromatic N) is 2. The van der Waals surface area contributed by atoms with Gasteiger partial charge < -0.3 is 15.8 Å². The number of methoxy groups -OCH3 is 1. The zero-order valence-corrected chi connectivity index (χ0v) is 13.3. The molecule has 0 radical (unpaired) electrons. The summed E-state index contributed by atoms with van der Waals surface area (Å²) in [5, 5.41) is 3.10. The van der Waals surface area contributed by atoms with E-state index in [1.54, 1.807) is 7.11 Å². The molecule has 1 unspecified atom stereocenters. The van der Waals surface area contributed by atoms with Crippen molar-refractivity contribution in [1.29, 1.82) is 0 Å². The van der Waals surface area contributed by atoms with E-state index in [9.17, 15) is 9.59 Å². The van der Waals surface area contributed by atoms with E-state index in [0.717, 1.165) is 23.8 Å². The van der Waals surface area contributed by atoms with Gasteiger partial charge in [-0.3, -0.25) is 13.9 Å². The maximum atomic E-state index is 12.2. The molecular weight excluding hydrogens is 272 g/mol. The van der Waals surface area contributed by atoms with Gasteiger partial charge in [-0.15, -0.1) is 0 Å². The molecule has 0 fully saturated rings. The van der Waals surface area contributed by atoms with Crippen molar-refractivity contribution in [2.45, 2.75) is 45.7 Å². The third kappa shape index (κ3) is 4.10. The van der Waals surface area contributed by atoms with Crippen molar-refractivity contribution < 1.29 is 4.74 Å². The monoisotopic (exact) mass is 298 g/mol. The second-order valence-electron chi connectivity index (χ2n) is 5.24. The van der Waals surface area contributed by atoms with E-state index in [1.807, 2.05) is 13.8 Å². The van der Waals surface area contributed by atoms with E-state index in [-0.39, 0.29) is 23.2 Å². The number of hydrogen-bond donors (Lipinski definition) is 2. The van der Waals surface area contributed by atoms with Crippen LogP contribution in [-0.4, -0.2) is 28.9 Å². The first-order valence-electron chi connectivity index (χ1n) is 7.28. The minimum Gasteiger partial charge on any atom is -0.385 e. The third-order valence-electron chi connectivity index (χ3n) is 3.46. The molecule has 0 spiro atoms. The number of nitrogens with two attached hydrogens (primary N) is 1. The Labute approximate surface area is 124 Å². The highest BCUT2D eigenvalue weighted by Gasteiger charge is 2.16. The van der Waals surface area contributed by atoms with Gasteiger partial charge in [-0.2, -0.15) is 0 Å². The minimum absolute atomic E-state index is 0.0251. The molecule has 0 aliphatic rings. The maximum absolute atomic E-state index is 12.2. The van der Waals surface area contributed by atoms with E-state index in [2.05, 4.69) is 5.32 Å².